The normalized spacial score (nSPS) is 10.2. The molecule has 5 nitrogen and oxygen atoms in total. The van der Waals surface area contributed by atoms with Gasteiger partial charge in [-0.1, -0.05) is 26.0 Å². The van der Waals surface area contributed by atoms with Gasteiger partial charge in [0.25, 0.3) is 5.91 Å². The Kier molecular flexibility index (Phi) is 4.66. The number of hydrogen-bond donors (Lipinski definition) is 2. The zero-order valence-corrected chi connectivity index (χ0v) is 12.0. The van der Waals surface area contributed by atoms with Crippen LogP contribution in [0.4, 0.5) is 11.4 Å². The molecule has 0 aliphatic rings. The van der Waals surface area contributed by atoms with E-state index in [1.165, 1.54) is 6.20 Å². The Hall–Kier alpha value is -2.69. The van der Waals surface area contributed by atoms with Crippen LogP contribution >= 0.6 is 0 Å². The van der Waals surface area contributed by atoms with Crippen molar-refractivity contribution in [3.63, 3.8) is 0 Å². The van der Waals surface area contributed by atoms with E-state index in [1.54, 1.807) is 42.6 Å². The molecule has 0 fully saturated rings. The molecular weight excluding hydrogens is 266 g/mol. The molecule has 0 aliphatic heterocycles. The lowest BCUT2D eigenvalue weighted by molar-refractivity contribution is -0.118. The van der Waals surface area contributed by atoms with Crippen molar-refractivity contribution in [2.75, 3.05) is 10.6 Å². The first-order chi connectivity index (χ1) is 10.1. The van der Waals surface area contributed by atoms with Gasteiger partial charge in [0.05, 0.1) is 16.9 Å². The molecule has 0 aliphatic carbocycles. The summed E-state index contributed by atoms with van der Waals surface area (Å²) in [6.07, 6.45) is 3.10. The van der Waals surface area contributed by atoms with Gasteiger partial charge in [-0.15, -0.1) is 0 Å². The summed E-state index contributed by atoms with van der Waals surface area (Å²) >= 11 is 0. The molecule has 1 heterocycles. The summed E-state index contributed by atoms with van der Waals surface area (Å²) in [5, 5.41) is 5.57. The number of aromatic nitrogens is 1. The smallest absolute Gasteiger partial charge is 0.257 e. The first-order valence-corrected chi connectivity index (χ1v) is 6.69. The van der Waals surface area contributed by atoms with E-state index in [1.807, 2.05) is 13.8 Å². The number of nitrogens with one attached hydrogen (secondary N) is 2. The Balaban J connectivity index is 2.17. The summed E-state index contributed by atoms with van der Waals surface area (Å²) in [5.74, 6) is -0.500. The van der Waals surface area contributed by atoms with Crippen molar-refractivity contribution >= 4 is 23.2 Å². The summed E-state index contributed by atoms with van der Waals surface area (Å²) in [6, 6.07) is 10.5. The average Bonchev–Trinajstić information content (AvgIpc) is 2.50. The minimum Gasteiger partial charge on any atom is -0.324 e. The number of amides is 2. The number of nitrogens with zero attached hydrogens (tertiary/aromatic N) is 1. The van der Waals surface area contributed by atoms with Crippen molar-refractivity contribution in [1.82, 2.24) is 4.98 Å². The van der Waals surface area contributed by atoms with Crippen LogP contribution in [0.2, 0.25) is 0 Å². The third-order valence-corrected chi connectivity index (χ3v) is 2.88. The largest absolute Gasteiger partial charge is 0.324 e. The first-order valence-electron chi connectivity index (χ1n) is 6.69. The molecule has 0 spiro atoms. The highest BCUT2D eigenvalue weighted by molar-refractivity contribution is 6.07. The van der Waals surface area contributed by atoms with E-state index in [9.17, 15) is 9.59 Å². The Morgan fingerprint density at radius 1 is 1.00 bits per heavy atom. The predicted octanol–water partition coefficient (Wildman–Crippen LogP) is 2.93. The third kappa shape index (κ3) is 3.89. The van der Waals surface area contributed by atoms with E-state index < -0.39 is 0 Å². The van der Waals surface area contributed by atoms with Gasteiger partial charge in [0.2, 0.25) is 5.91 Å². The number of rotatable bonds is 4. The summed E-state index contributed by atoms with van der Waals surface area (Å²) in [4.78, 5) is 27.8. The minimum atomic E-state index is -0.269. The van der Waals surface area contributed by atoms with Gasteiger partial charge < -0.3 is 10.6 Å². The SMILES string of the molecule is CC(C)C(=O)Nc1ccccc1NC(=O)c1cccnc1. The zero-order valence-electron chi connectivity index (χ0n) is 12.0. The first kappa shape index (κ1) is 14.7. The fraction of sp³-hybridized carbons (Fsp3) is 0.188. The summed E-state index contributed by atoms with van der Waals surface area (Å²) in [5.41, 5.74) is 1.59. The van der Waals surface area contributed by atoms with Gasteiger partial charge in [0, 0.05) is 18.3 Å². The second-order valence-electron chi connectivity index (χ2n) is 4.89. The van der Waals surface area contributed by atoms with E-state index in [0.29, 0.717) is 16.9 Å². The molecule has 108 valence electrons. The molecule has 1 aromatic carbocycles. The molecule has 0 saturated carbocycles. The fourth-order valence-electron chi connectivity index (χ4n) is 1.67. The molecule has 1 aromatic heterocycles. The molecule has 2 N–H and O–H groups in total. The Morgan fingerprint density at radius 3 is 2.24 bits per heavy atom. The number of para-hydroxylation sites is 2. The average molecular weight is 283 g/mol. The van der Waals surface area contributed by atoms with Gasteiger partial charge in [0.15, 0.2) is 0 Å². The predicted molar refractivity (Wildman–Crippen MR) is 82.1 cm³/mol. The lowest BCUT2D eigenvalue weighted by Crippen LogP contribution is -2.20. The molecule has 21 heavy (non-hydrogen) atoms. The van der Waals surface area contributed by atoms with Gasteiger partial charge in [-0.2, -0.15) is 0 Å². The zero-order chi connectivity index (χ0) is 15.2. The number of pyridine rings is 1. The molecular formula is C16H17N3O2. The molecule has 2 aromatic rings. The van der Waals surface area contributed by atoms with Gasteiger partial charge in [0.1, 0.15) is 0 Å². The maximum atomic E-state index is 12.1. The fourth-order valence-corrected chi connectivity index (χ4v) is 1.67. The number of hydrogen-bond acceptors (Lipinski definition) is 3. The number of benzene rings is 1. The lowest BCUT2D eigenvalue weighted by atomic mass is 10.2. The van der Waals surface area contributed by atoms with Crippen molar-refractivity contribution in [1.29, 1.82) is 0 Å². The van der Waals surface area contributed by atoms with Crippen molar-refractivity contribution < 1.29 is 9.59 Å². The Bertz CT molecular complexity index is 639. The third-order valence-electron chi connectivity index (χ3n) is 2.88. The quantitative estimate of drug-likeness (QED) is 0.906. The second kappa shape index (κ2) is 6.65. The van der Waals surface area contributed by atoms with Crippen LogP contribution in [0.15, 0.2) is 48.8 Å². The van der Waals surface area contributed by atoms with Crippen LogP contribution in [-0.4, -0.2) is 16.8 Å². The molecule has 2 amide bonds. The number of anilines is 2. The summed E-state index contributed by atoms with van der Waals surface area (Å²) < 4.78 is 0. The molecule has 0 unspecified atom stereocenters. The molecule has 5 heteroatoms. The molecule has 2 rings (SSSR count). The Labute approximate surface area is 123 Å². The van der Waals surface area contributed by atoms with Crippen LogP contribution in [0.1, 0.15) is 24.2 Å². The molecule has 0 radical (unpaired) electrons. The Morgan fingerprint density at radius 2 is 1.67 bits per heavy atom. The van der Waals surface area contributed by atoms with E-state index in [0.717, 1.165) is 0 Å². The maximum Gasteiger partial charge on any atom is 0.257 e. The van der Waals surface area contributed by atoms with Gasteiger partial charge in [-0.25, -0.2) is 0 Å². The molecule has 0 saturated heterocycles. The molecule has 0 atom stereocenters. The topological polar surface area (TPSA) is 71.1 Å². The van der Waals surface area contributed by atoms with Crippen LogP contribution in [0.5, 0.6) is 0 Å². The monoisotopic (exact) mass is 283 g/mol. The van der Waals surface area contributed by atoms with Crippen LogP contribution in [0, 0.1) is 5.92 Å². The van der Waals surface area contributed by atoms with Crippen molar-refractivity contribution in [2.24, 2.45) is 5.92 Å². The lowest BCUT2D eigenvalue weighted by Gasteiger charge is -2.13. The highest BCUT2D eigenvalue weighted by Crippen LogP contribution is 2.22. The van der Waals surface area contributed by atoms with Crippen LogP contribution in [-0.2, 0) is 4.79 Å². The van der Waals surface area contributed by atoms with Crippen molar-refractivity contribution in [3.8, 4) is 0 Å². The minimum absolute atomic E-state index is 0.0990. The maximum absolute atomic E-state index is 12.1. The van der Waals surface area contributed by atoms with Crippen LogP contribution in [0.3, 0.4) is 0 Å². The van der Waals surface area contributed by atoms with Crippen LogP contribution < -0.4 is 10.6 Å². The van der Waals surface area contributed by atoms with Gasteiger partial charge >= 0.3 is 0 Å². The van der Waals surface area contributed by atoms with E-state index in [4.69, 9.17) is 0 Å². The number of carbonyl (C=O) groups excluding carboxylic acids is 2. The molecule has 0 bridgehead atoms. The second-order valence-corrected chi connectivity index (χ2v) is 4.89. The van der Waals surface area contributed by atoms with E-state index in [-0.39, 0.29) is 17.7 Å². The highest BCUT2D eigenvalue weighted by atomic mass is 16.2. The summed E-state index contributed by atoms with van der Waals surface area (Å²) in [7, 11) is 0. The highest BCUT2D eigenvalue weighted by Gasteiger charge is 2.12. The van der Waals surface area contributed by atoms with E-state index >= 15 is 0 Å². The van der Waals surface area contributed by atoms with Crippen LogP contribution in [0.25, 0.3) is 0 Å². The van der Waals surface area contributed by atoms with Gasteiger partial charge in [-0.3, -0.25) is 14.6 Å². The standard InChI is InChI=1S/C16H17N3O2/c1-11(2)15(20)18-13-7-3-4-8-14(13)19-16(21)12-6-5-9-17-10-12/h3-11H,1-2H3,(H,18,20)(H,19,21). The van der Waals surface area contributed by atoms with Gasteiger partial charge in [-0.05, 0) is 24.3 Å². The van der Waals surface area contributed by atoms with E-state index in [2.05, 4.69) is 15.6 Å². The van der Waals surface area contributed by atoms with Crippen molar-refractivity contribution in [2.45, 2.75) is 13.8 Å². The summed E-state index contributed by atoms with van der Waals surface area (Å²) in [6.45, 7) is 3.62. The number of carbonyl (C=O) groups is 2. The van der Waals surface area contributed by atoms with Crippen molar-refractivity contribution in [3.05, 3.63) is 54.4 Å².